The van der Waals surface area contributed by atoms with E-state index in [0.29, 0.717) is 13.0 Å². The van der Waals surface area contributed by atoms with Crippen molar-refractivity contribution in [2.24, 2.45) is 0 Å². The van der Waals surface area contributed by atoms with E-state index in [-0.39, 0.29) is 23.7 Å². The van der Waals surface area contributed by atoms with E-state index in [2.05, 4.69) is 39.9 Å². The summed E-state index contributed by atoms with van der Waals surface area (Å²) >= 11 is 0. The molecule has 1 N–H and O–H groups in total. The van der Waals surface area contributed by atoms with Gasteiger partial charge in [0.05, 0.1) is 18.3 Å². The van der Waals surface area contributed by atoms with Crippen LogP contribution in [-0.4, -0.2) is 35.9 Å². The average molecular weight is 285 g/mol. The maximum Gasteiger partial charge on any atom is 0.326 e. The lowest BCUT2D eigenvalue weighted by Crippen LogP contribution is -2.54. The molecule has 0 aromatic rings. The Morgan fingerprint density at radius 1 is 1.40 bits per heavy atom. The Kier molecular flexibility index (Phi) is 6.02. The molecule has 0 amide bonds. The van der Waals surface area contributed by atoms with Crippen molar-refractivity contribution in [3.05, 3.63) is 0 Å². The summed E-state index contributed by atoms with van der Waals surface area (Å²) in [6.45, 7) is 12.7. The van der Waals surface area contributed by atoms with Crippen LogP contribution in [0.5, 0.6) is 0 Å². The van der Waals surface area contributed by atoms with E-state index in [1.54, 1.807) is 0 Å². The largest absolute Gasteiger partial charge is 0.465 e. The molecule has 0 heterocycles. The smallest absolute Gasteiger partial charge is 0.326 e. The van der Waals surface area contributed by atoms with Gasteiger partial charge in [-0.05, 0) is 53.9 Å². The van der Waals surface area contributed by atoms with Crippen LogP contribution in [0.4, 0.5) is 0 Å². The van der Waals surface area contributed by atoms with Crippen molar-refractivity contribution in [1.82, 2.24) is 5.32 Å². The zero-order valence-corrected chi connectivity index (χ0v) is 13.9. The van der Waals surface area contributed by atoms with Crippen molar-refractivity contribution >= 4 is 5.97 Å². The molecule has 0 spiro atoms. The molecule has 1 aliphatic carbocycles. The number of ether oxygens (including phenoxy) is 2. The highest BCUT2D eigenvalue weighted by Gasteiger charge is 2.48. The van der Waals surface area contributed by atoms with Crippen molar-refractivity contribution in [3.8, 4) is 0 Å². The summed E-state index contributed by atoms with van der Waals surface area (Å²) in [5.74, 6) is -0.130. The molecule has 0 aromatic carbocycles. The minimum absolute atomic E-state index is 0.126. The normalized spacial score (nSPS) is 27.1. The third-order valence-corrected chi connectivity index (χ3v) is 4.04. The lowest BCUT2D eigenvalue weighted by molar-refractivity contribution is -0.152. The first-order valence-corrected chi connectivity index (χ1v) is 7.87. The topological polar surface area (TPSA) is 47.6 Å². The van der Waals surface area contributed by atoms with Gasteiger partial charge in [0.2, 0.25) is 0 Å². The predicted molar refractivity (Wildman–Crippen MR) is 80.7 cm³/mol. The quantitative estimate of drug-likeness (QED) is 0.730. The zero-order chi connectivity index (χ0) is 15.4. The first-order chi connectivity index (χ1) is 9.24. The number of rotatable bonds is 7. The van der Waals surface area contributed by atoms with Crippen LogP contribution in [0.3, 0.4) is 0 Å². The van der Waals surface area contributed by atoms with Crippen molar-refractivity contribution in [3.63, 3.8) is 0 Å². The maximum absolute atomic E-state index is 12.3. The van der Waals surface area contributed by atoms with Gasteiger partial charge in [0.1, 0.15) is 5.54 Å². The second-order valence-electron chi connectivity index (χ2n) is 6.70. The van der Waals surface area contributed by atoms with E-state index >= 15 is 0 Å². The van der Waals surface area contributed by atoms with E-state index < -0.39 is 5.54 Å². The molecular formula is C16H31NO3. The second kappa shape index (κ2) is 6.90. The molecule has 2 atom stereocenters. The van der Waals surface area contributed by atoms with Gasteiger partial charge in [-0.3, -0.25) is 10.1 Å². The van der Waals surface area contributed by atoms with Crippen LogP contribution in [0.15, 0.2) is 0 Å². The molecular weight excluding hydrogens is 254 g/mol. The van der Waals surface area contributed by atoms with Gasteiger partial charge < -0.3 is 9.47 Å². The van der Waals surface area contributed by atoms with Gasteiger partial charge in [0, 0.05) is 12.5 Å². The first kappa shape index (κ1) is 17.4. The summed E-state index contributed by atoms with van der Waals surface area (Å²) in [4.78, 5) is 12.3. The highest BCUT2D eigenvalue weighted by molar-refractivity contribution is 5.81. The number of nitrogens with one attached hydrogen (secondary N) is 1. The lowest BCUT2D eigenvalue weighted by Gasteiger charge is -2.32. The fourth-order valence-electron chi connectivity index (χ4n) is 2.83. The monoisotopic (exact) mass is 285 g/mol. The minimum Gasteiger partial charge on any atom is -0.465 e. The van der Waals surface area contributed by atoms with E-state index in [9.17, 15) is 4.79 Å². The molecule has 0 aromatic heterocycles. The lowest BCUT2D eigenvalue weighted by atomic mass is 9.96. The average Bonchev–Trinajstić information content (AvgIpc) is 2.72. The van der Waals surface area contributed by atoms with E-state index in [4.69, 9.17) is 9.47 Å². The Balaban J connectivity index is 2.76. The summed E-state index contributed by atoms with van der Waals surface area (Å²) < 4.78 is 11.4. The standard InChI is InChI=1S/C16H31NO3/c1-7-15(5,6)20-13-9-10-16(11-13,17-12(3)4)14(18)19-8-2/h12-13,17H,7-11H2,1-6H3. The molecule has 2 unspecified atom stereocenters. The first-order valence-electron chi connectivity index (χ1n) is 7.87. The summed E-state index contributed by atoms with van der Waals surface area (Å²) in [7, 11) is 0. The van der Waals surface area contributed by atoms with Crippen molar-refractivity contribution in [2.45, 2.75) is 90.5 Å². The van der Waals surface area contributed by atoms with Gasteiger partial charge in [-0.1, -0.05) is 6.92 Å². The molecule has 1 aliphatic rings. The van der Waals surface area contributed by atoms with Gasteiger partial charge in [-0.2, -0.15) is 0 Å². The number of carbonyl (C=O) groups excluding carboxylic acids is 1. The Hall–Kier alpha value is -0.610. The highest BCUT2D eigenvalue weighted by atomic mass is 16.5. The maximum atomic E-state index is 12.3. The summed E-state index contributed by atoms with van der Waals surface area (Å²) in [5, 5.41) is 3.42. The van der Waals surface area contributed by atoms with Crippen LogP contribution in [0, 0.1) is 0 Å². The number of carbonyl (C=O) groups is 1. The molecule has 1 rings (SSSR count). The summed E-state index contributed by atoms with van der Waals surface area (Å²) in [6, 6.07) is 0.248. The van der Waals surface area contributed by atoms with Gasteiger partial charge in [0.25, 0.3) is 0 Å². The number of esters is 1. The number of hydrogen-bond donors (Lipinski definition) is 1. The fraction of sp³-hybridized carbons (Fsp3) is 0.938. The van der Waals surface area contributed by atoms with Crippen molar-refractivity contribution in [2.75, 3.05) is 6.61 Å². The van der Waals surface area contributed by atoms with E-state index in [1.807, 2.05) is 6.92 Å². The van der Waals surface area contributed by atoms with Crippen LogP contribution in [0.1, 0.15) is 67.2 Å². The van der Waals surface area contributed by atoms with Crippen LogP contribution in [0.25, 0.3) is 0 Å². The van der Waals surface area contributed by atoms with Crippen LogP contribution in [0.2, 0.25) is 0 Å². The van der Waals surface area contributed by atoms with E-state index in [0.717, 1.165) is 19.3 Å². The highest BCUT2D eigenvalue weighted by Crippen LogP contribution is 2.36. The predicted octanol–water partition coefficient (Wildman–Crippen LogP) is 3.04. The third kappa shape index (κ3) is 4.45. The van der Waals surface area contributed by atoms with Gasteiger partial charge in [0.15, 0.2) is 0 Å². The molecule has 1 saturated carbocycles. The Labute approximate surface area is 123 Å². The Morgan fingerprint density at radius 2 is 2.05 bits per heavy atom. The molecule has 0 radical (unpaired) electrons. The van der Waals surface area contributed by atoms with Crippen molar-refractivity contribution in [1.29, 1.82) is 0 Å². The molecule has 4 heteroatoms. The molecule has 0 aliphatic heterocycles. The van der Waals surface area contributed by atoms with Gasteiger partial charge in [-0.25, -0.2) is 0 Å². The van der Waals surface area contributed by atoms with Crippen LogP contribution < -0.4 is 5.32 Å². The SMILES string of the molecule is CCOC(=O)C1(NC(C)C)CCC(OC(C)(C)CC)C1. The molecule has 0 bridgehead atoms. The van der Waals surface area contributed by atoms with Crippen LogP contribution >= 0.6 is 0 Å². The van der Waals surface area contributed by atoms with Crippen LogP contribution in [-0.2, 0) is 14.3 Å². The minimum atomic E-state index is -0.571. The third-order valence-electron chi connectivity index (χ3n) is 4.04. The van der Waals surface area contributed by atoms with Crippen molar-refractivity contribution < 1.29 is 14.3 Å². The van der Waals surface area contributed by atoms with Gasteiger partial charge in [-0.15, -0.1) is 0 Å². The Bertz CT molecular complexity index is 328. The summed E-state index contributed by atoms with van der Waals surface area (Å²) in [6.07, 6.45) is 3.48. The zero-order valence-electron chi connectivity index (χ0n) is 13.9. The molecule has 1 fully saturated rings. The van der Waals surface area contributed by atoms with E-state index in [1.165, 1.54) is 0 Å². The molecule has 118 valence electrons. The fourth-order valence-corrected chi connectivity index (χ4v) is 2.83. The Morgan fingerprint density at radius 3 is 2.55 bits per heavy atom. The molecule has 0 saturated heterocycles. The second-order valence-corrected chi connectivity index (χ2v) is 6.70. The van der Waals surface area contributed by atoms with Gasteiger partial charge >= 0.3 is 5.97 Å². The summed E-state index contributed by atoms with van der Waals surface area (Å²) in [5.41, 5.74) is -0.702. The number of hydrogen-bond acceptors (Lipinski definition) is 4. The molecule has 4 nitrogen and oxygen atoms in total. The molecule has 20 heavy (non-hydrogen) atoms.